The highest BCUT2D eigenvalue weighted by molar-refractivity contribution is 7.89. The van der Waals surface area contributed by atoms with E-state index in [0.717, 1.165) is 19.6 Å². The molecule has 0 aromatic rings. The predicted molar refractivity (Wildman–Crippen MR) is 49.8 cm³/mol. The van der Waals surface area contributed by atoms with Crippen molar-refractivity contribution in [2.24, 2.45) is 5.14 Å². The summed E-state index contributed by atoms with van der Waals surface area (Å²) in [4.78, 5) is 0. The minimum absolute atomic E-state index is 0.0492. The van der Waals surface area contributed by atoms with Crippen LogP contribution in [0.1, 0.15) is 12.8 Å². The van der Waals surface area contributed by atoms with Crippen molar-refractivity contribution in [2.45, 2.75) is 18.9 Å². The predicted octanol–water partition coefficient (Wildman–Crippen LogP) is -0.956. The summed E-state index contributed by atoms with van der Waals surface area (Å²) < 4.78 is 26.3. The fourth-order valence-corrected chi connectivity index (χ4v) is 1.82. The number of nitrogens with one attached hydrogen (secondary N) is 1. The highest BCUT2D eigenvalue weighted by Gasteiger charge is 2.14. The molecule has 1 heterocycles. The van der Waals surface area contributed by atoms with Crippen LogP contribution in [0.4, 0.5) is 0 Å². The molecule has 1 saturated heterocycles. The van der Waals surface area contributed by atoms with Crippen molar-refractivity contribution in [1.29, 1.82) is 0 Å². The lowest BCUT2D eigenvalue weighted by molar-refractivity contribution is 0.190. The highest BCUT2D eigenvalue weighted by atomic mass is 32.2. The van der Waals surface area contributed by atoms with Crippen molar-refractivity contribution < 1.29 is 13.2 Å². The van der Waals surface area contributed by atoms with E-state index in [-0.39, 0.29) is 5.75 Å². The second-order valence-electron chi connectivity index (χ2n) is 3.24. The summed E-state index contributed by atoms with van der Waals surface area (Å²) in [6, 6.07) is 0.389. The van der Waals surface area contributed by atoms with Gasteiger partial charge >= 0.3 is 0 Å². The largest absolute Gasteiger partial charge is 0.380 e. The van der Waals surface area contributed by atoms with Crippen LogP contribution >= 0.6 is 0 Å². The fourth-order valence-electron chi connectivity index (χ4n) is 1.28. The molecule has 6 heteroatoms. The molecule has 1 unspecified atom stereocenters. The molecule has 13 heavy (non-hydrogen) atoms. The summed E-state index contributed by atoms with van der Waals surface area (Å²) >= 11 is 0. The van der Waals surface area contributed by atoms with Crippen molar-refractivity contribution in [3.05, 3.63) is 0 Å². The maximum absolute atomic E-state index is 10.6. The zero-order valence-corrected chi connectivity index (χ0v) is 8.35. The van der Waals surface area contributed by atoms with Crippen LogP contribution in [-0.2, 0) is 14.8 Å². The summed E-state index contributed by atoms with van der Waals surface area (Å²) in [5, 5.41) is 8.06. The number of hydrogen-bond donors (Lipinski definition) is 2. The topological polar surface area (TPSA) is 81.4 Å². The molecular weight excluding hydrogens is 192 g/mol. The van der Waals surface area contributed by atoms with Gasteiger partial charge in [-0.15, -0.1) is 0 Å². The van der Waals surface area contributed by atoms with Crippen molar-refractivity contribution in [3.8, 4) is 0 Å². The molecule has 0 aromatic carbocycles. The number of sulfonamides is 1. The molecule has 0 saturated carbocycles. The Hall–Kier alpha value is -0.170. The first kappa shape index (κ1) is 10.9. The molecule has 78 valence electrons. The Balaban J connectivity index is 2.01. The Kier molecular flexibility index (Phi) is 4.11. The Labute approximate surface area is 78.7 Å². The van der Waals surface area contributed by atoms with Gasteiger partial charge in [-0.25, -0.2) is 13.6 Å². The van der Waals surface area contributed by atoms with Crippen molar-refractivity contribution in [1.82, 2.24) is 5.32 Å². The van der Waals surface area contributed by atoms with Gasteiger partial charge in [-0.3, -0.25) is 0 Å². The molecule has 0 bridgehead atoms. The molecule has 1 rings (SSSR count). The zero-order chi connectivity index (χ0) is 9.73. The normalized spacial score (nSPS) is 23.6. The molecule has 1 atom stereocenters. The summed E-state index contributed by atoms with van der Waals surface area (Å²) in [6.45, 7) is 2.21. The van der Waals surface area contributed by atoms with Gasteiger partial charge in [0.15, 0.2) is 0 Å². The first-order valence-corrected chi connectivity index (χ1v) is 6.11. The van der Waals surface area contributed by atoms with Crippen LogP contribution in [0.3, 0.4) is 0 Å². The van der Waals surface area contributed by atoms with Crippen molar-refractivity contribution in [3.63, 3.8) is 0 Å². The summed E-state index contributed by atoms with van der Waals surface area (Å²) in [5.41, 5.74) is 0. The van der Waals surface area contributed by atoms with E-state index in [1.54, 1.807) is 0 Å². The standard InChI is InChI=1S/C7H16N2O3S/c8-13(10,11)5-1-3-9-7-2-4-12-6-7/h7,9H,1-6H2,(H2,8,10,11). The third kappa shape index (κ3) is 5.20. The summed E-state index contributed by atoms with van der Waals surface area (Å²) in [5.74, 6) is 0.0492. The molecule has 0 spiro atoms. The zero-order valence-electron chi connectivity index (χ0n) is 7.53. The first-order chi connectivity index (χ1) is 6.08. The van der Waals surface area contributed by atoms with E-state index in [9.17, 15) is 8.42 Å². The average Bonchev–Trinajstić information content (AvgIpc) is 2.48. The summed E-state index contributed by atoms with van der Waals surface area (Å²) in [6.07, 6.45) is 1.57. The number of nitrogens with two attached hydrogens (primary N) is 1. The lowest BCUT2D eigenvalue weighted by atomic mass is 10.2. The molecule has 0 aromatic heterocycles. The molecule has 1 aliphatic rings. The SMILES string of the molecule is NS(=O)(=O)CCCNC1CCOC1. The van der Waals surface area contributed by atoms with Gasteiger partial charge in [-0.05, 0) is 19.4 Å². The molecule has 0 amide bonds. The van der Waals surface area contributed by atoms with Crippen molar-refractivity contribution >= 4 is 10.0 Å². The van der Waals surface area contributed by atoms with Gasteiger partial charge in [-0.2, -0.15) is 0 Å². The van der Waals surface area contributed by atoms with E-state index in [4.69, 9.17) is 9.88 Å². The van der Waals surface area contributed by atoms with E-state index in [1.807, 2.05) is 0 Å². The maximum Gasteiger partial charge on any atom is 0.209 e. The monoisotopic (exact) mass is 208 g/mol. The lowest BCUT2D eigenvalue weighted by Crippen LogP contribution is -2.31. The van der Waals surface area contributed by atoms with Gasteiger partial charge < -0.3 is 10.1 Å². The maximum atomic E-state index is 10.6. The first-order valence-electron chi connectivity index (χ1n) is 4.39. The molecule has 0 radical (unpaired) electrons. The number of hydrogen-bond acceptors (Lipinski definition) is 4. The molecule has 5 nitrogen and oxygen atoms in total. The second kappa shape index (κ2) is 4.90. The average molecular weight is 208 g/mol. The van der Waals surface area contributed by atoms with Crippen LogP contribution in [0.15, 0.2) is 0 Å². The van der Waals surface area contributed by atoms with Crippen LogP contribution in [0.2, 0.25) is 0 Å². The molecular formula is C7H16N2O3S. The number of primary sulfonamides is 1. The minimum Gasteiger partial charge on any atom is -0.380 e. The van der Waals surface area contributed by atoms with Crippen LogP contribution in [0.5, 0.6) is 0 Å². The van der Waals surface area contributed by atoms with Crippen LogP contribution in [0, 0.1) is 0 Å². The van der Waals surface area contributed by atoms with E-state index in [2.05, 4.69) is 5.32 Å². The minimum atomic E-state index is -3.29. The van der Waals surface area contributed by atoms with E-state index >= 15 is 0 Å². The van der Waals surface area contributed by atoms with Crippen LogP contribution in [-0.4, -0.2) is 40.0 Å². The van der Waals surface area contributed by atoms with E-state index in [1.165, 1.54) is 0 Å². The lowest BCUT2D eigenvalue weighted by Gasteiger charge is -2.09. The molecule has 1 aliphatic heterocycles. The second-order valence-corrected chi connectivity index (χ2v) is 4.97. The van der Waals surface area contributed by atoms with Crippen LogP contribution < -0.4 is 10.5 Å². The quantitative estimate of drug-likeness (QED) is 0.570. The highest BCUT2D eigenvalue weighted by Crippen LogP contribution is 2.02. The smallest absolute Gasteiger partial charge is 0.209 e. The van der Waals surface area contributed by atoms with Gasteiger partial charge in [0.1, 0.15) is 0 Å². The third-order valence-electron chi connectivity index (χ3n) is 1.97. The van der Waals surface area contributed by atoms with Gasteiger partial charge in [0, 0.05) is 12.6 Å². The van der Waals surface area contributed by atoms with Crippen molar-refractivity contribution in [2.75, 3.05) is 25.5 Å². The summed E-state index contributed by atoms with van der Waals surface area (Å²) in [7, 11) is -3.29. The van der Waals surface area contributed by atoms with E-state index < -0.39 is 10.0 Å². The fraction of sp³-hybridized carbons (Fsp3) is 1.00. The number of ether oxygens (including phenoxy) is 1. The Morgan fingerprint density at radius 2 is 2.31 bits per heavy atom. The van der Waals surface area contributed by atoms with Gasteiger partial charge in [0.25, 0.3) is 0 Å². The van der Waals surface area contributed by atoms with Gasteiger partial charge in [0.05, 0.1) is 12.4 Å². The Morgan fingerprint density at radius 3 is 2.85 bits per heavy atom. The van der Waals surface area contributed by atoms with Gasteiger partial charge in [0.2, 0.25) is 10.0 Å². The Morgan fingerprint density at radius 1 is 1.54 bits per heavy atom. The van der Waals surface area contributed by atoms with E-state index in [0.29, 0.717) is 19.0 Å². The molecule has 0 aliphatic carbocycles. The molecule has 1 fully saturated rings. The Bertz CT molecular complexity index is 234. The number of rotatable bonds is 5. The van der Waals surface area contributed by atoms with Crippen LogP contribution in [0.25, 0.3) is 0 Å². The van der Waals surface area contributed by atoms with Gasteiger partial charge in [-0.1, -0.05) is 0 Å². The molecule has 3 N–H and O–H groups in total. The third-order valence-corrected chi connectivity index (χ3v) is 2.83.